The van der Waals surface area contributed by atoms with Crippen molar-refractivity contribution in [1.82, 2.24) is 14.5 Å². The van der Waals surface area contributed by atoms with Gasteiger partial charge in [0.15, 0.2) is 0 Å². The van der Waals surface area contributed by atoms with Crippen LogP contribution in [-0.2, 0) is 11.3 Å². The van der Waals surface area contributed by atoms with Crippen LogP contribution in [0.4, 0.5) is 5.95 Å². The second-order valence-electron chi connectivity index (χ2n) is 11.3. The predicted octanol–water partition coefficient (Wildman–Crippen LogP) is 5.37. The van der Waals surface area contributed by atoms with Crippen molar-refractivity contribution in [2.24, 2.45) is 0 Å². The van der Waals surface area contributed by atoms with E-state index in [1.165, 1.54) is 0 Å². The molecule has 4 aromatic rings. The Morgan fingerprint density at radius 2 is 1.86 bits per heavy atom. The average Bonchev–Trinajstić information content (AvgIpc) is 3.82. The number of carbonyl (C=O) groups excluding carboxylic acids is 1. The van der Waals surface area contributed by atoms with E-state index in [-0.39, 0.29) is 31.5 Å². The number of amides is 1. The minimum absolute atomic E-state index is 0.00858. The fourth-order valence-corrected chi connectivity index (χ4v) is 6.01. The summed E-state index contributed by atoms with van der Waals surface area (Å²) in [6.45, 7) is 2.76. The van der Waals surface area contributed by atoms with Gasteiger partial charge in [0.2, 0.25) is 5.95 Å². The maximum atomic E-state index is 13.1. The van der Waals surface area contributed by atoms with Gasteiger partial charge in [-0.25, -0.2) is 4.98 Å². The zero-order valence-electron chi connectivity index (χ0n) is 24.5. The lowest BCUT2D eigenvalue weighted by atomic mass is 10.00. The second-order valence-corrected chi connectivity index (χ2v) is 11.3. The molecule has 2 aliphatic rings. The van der Waals surface area contributed by atoms with Gasteiger partial charge in [0.05, 0.1) is 30.4 Å². The number of hydrogen-bond acceptors (Lipinski definition) is 7. The Kier molecular flexibility index (Phi) is 9.21. The third-order valence-corrected chi connectivity index (χ3v) is 8.29. The number of aliphatic hydroxyl groups is 2. The van der Waals surface area contributed by atoms with Crippen molar-refractivity contribution >= 4 is 22.9 Å². The Hall–Kier alpha value is -3.92. The summed E-state index contributed by atoms with van der Waals surface area (Å²) in [5, 5.41) is 22.4. The number of rotatable bonds is 12. The maximum absolute atomic E-state index is 13.1. The molecule has 0 saturated carbocycles. The molecular weight excluding hydrogens is 544 g/mol. The molecule has 43 heavy (non-hydrogen) atoms. The van der Waals surface area contributed by atoms with E-state index in [0.717, 1.165) is 78.7 Å². The topological polar surface area (TPSA) is 109 Å². The number of hydrogen-bond donors (Lipinski definition) is 3. The van der Waals surface area contributed by atoms with Gasteiger partial charge in [-0.3, -0.25) is 9.36 Å². The zero-order chi connectivity index (χ0) is 29.6. The normalized spacial score (nSPS) is 18.4. The van der Waals surface area contributed by atoms with Crippen LogP contribution in [0.5, 0.6) is 5.75 Å². The van der Waals surface area contributed by atoms with E-state index in [9.17, 15) is 15.0 Å². The number of anilines is 1. The molecule has 1 amide bonds. The summed E-state index contributed by atoms with van der Waals surface area (Å²) in [5.74, 6) is 1.53. The number of aliphatic hydroxyl groups excluding tert-OH is 2. The molecule has 6 rings (SSSR count). The molecule has 2 fully saturated rings. The number of unbranched alkanes of at least 4 members (excludes halogenated alkanes) is 1. The first-order chi connectivity index (χ1) is 21.1. The van der Waals surface area contributed by atoms with Crippen molar-refractivity contribution in [3.63, 3.8) is 0 Å². The van der Waals surface area contributed by atoms with Crippen LogP contribution in [0.1, 0.15) is 60.7 Å². The van der Waals surface area contributed by atoms with E-state index in [2.05, 4.69) is 16.0 Å². The molecule has 9 nitrogen and oxygen atoms in total. The first kappa shape index (κ1) is 29.2. The molecule has 2 atom stereocenters. The molecule has 2 aliphatic heterocycles. The Balaban J connectivity index is 1.26. The van der Waals surface area contributed by atoms with Gasteiger partial charge in [-0.1, -0.05) is 36.4 Å². The van der Waals surface area contributed by atoms with Crippen molar-refractivity contribution in [3.05, 3.63) is 77.9 Å². The lowest BCUT2D eigenvalue weighted by molar-refractivity contribution is -0.0195. The molecule has 0 spiro atoms. The van der Waals surface area contributed by atoms with Crippen molar-refractivity contribution in [2.75, 3.05) is 38.2 Å². The highest BCUT2D eigenvalue weighted by atomic mass is 16.5. The van der Waals surface area contributed by atoms with E-state index in [1.807, 2.05) is 65.6 Å². The van der Waals surface area contributed by atoms with E-state index in [4.69, 9.17) is 14.5 Å². The third kappa shape index (κ3) is 6.54. The largest absolute Gasteiger partial charge is 0.493 e. The van der Waals surface area contributed by atoms with Crippen LogP contribution < -0.4 is 10.1 Å². The Morgan fingerprint density at radius 1 is 1.00 bits per heavy atom. The maximum Gasteiger partial charge on any atom is 0.253 e. The van der Waals surface area contributed by atoms with Crippen molar-refractivity contribution < 1.29 is 24.5 Å². The predicted molar refractivity (Wildman–Crippen MR) is 166 cm³/mol. The number of ether oxygens (including phenoxy) is 2. The van der Waals surface area contributed by atoms with Gasteiger partial charge in [0, 0.05) is 37.4 Å². The van der Waals surface area contributed by atoms with Gasteiger partial charge in [0.25, 0.3) is 5.91 Å². The fraction of sp³-hybridized carbons (Fsp3) is 0.412. The highest BCUT2D eigenvalue weighted by molar-refractivity contribution is 5.96. The van der Waals surface area contributed by atoms with Crippen LogP contribution in [-0.4, -0.2) is 69.6 Å². The van der Waals surface area contributed by atoms with Gasteiger partial charge in [0.1, 0.15) is 12.0 Å². The molecule has 0 radical (unpaired) electrons. The molecule has 9 heteroatoms. The summed E-state index contributed by atoms with van der Waals surface area (Å²) in [6, 6.07) is 21.9. The molecule has 0 aliphatic carbocycles. The minimum Gasteiger partial charge on any atom is -0.493 e. The van der Waals surface area contributed by atoms with E-state index in [1.54, 1.807) is 0 Å². The zero-order valence-corrected chi connectivity index (χ0v) is 24.5. The lowest BCUT2D eigenvalue weighted by Gasteiger charge is -2.19. The quantitative estimate of drug-likeness (QED) is 0.192. The second kappa shape index (κ2) is 13.6. The summed E-state index contributed by atoms with van der Waals surface area (Å²) in [7, 11) is 0. The molecule has 0 unspecified atom stereocenters. The standard InChI is InChI=1S/C34H40N4O5/c39-18-5-6-19-42-31-20-24(12-14-28(31)25-8-7-9-26(21-25)33(41)37-16-3-4-17-37)22-35-34-36-29-10-1-2-11-30(29)38(34)32-15-13-27(23-40)43-32/h1-2,7-12,14,20-21,27,32,39-40H,3-6,13,15-19,22-23H2,(H,35,36)/t27-,32+/m0/s1. The smallest absolute Gasteiger partial charge is 0.253 e. The van der Waals surface area contributed by atoms with E-state index >= 15 is 0 Å². The number of carbonyl (C=O) groups is 1. The van der Waals surface area contributed by atoms with Gasteiger partial charge < -0.3 is 29.9 Å². The lowest BCUT2D eigenvalue weighted by Crippen LogP contribution is -2.27. The average molecular weight is 585 g/mol. The molecule has 3 N–H and O–H groups in total. The van der Waals surface area contributed by atoms with Crippen molar-refractivity contribution in [1.29, 1.82) is 0 Å². The summed E-state index contributed by atoms with van der Waals surface area (Å²) in [6.07, 6.45) is 4.77. The first-order valence-corrected chi connectivity index (χ1v) is 15.4. The number of likely N-dealkylation sites (tertiary alicyclic amines) is 1. The van der Waals surface area contributed by atoms with Crippen LogP contribution in [0.25, 0.3) is 22.2 Å². The number of nitrogens with one attached hydrogen (secondary N) is 1. The monoisotopic (exact) mass is 584 g/mol. The van der Waals surface area contributed by atoms with Crippen LogP contribution in [0, 0.1) is 0 Å². The number of benzene rings is 3. The molecule has 1 aromatic heterocycles. The number of imidazole rings is 1. The highest BCUT2D eigenvalue weighted by Crippen LogP contribution is 2.35. The SMILES string of the molecule is O=C(c1cccc(-c2ccc(CNc3nc4ccccc4n3[C@H]3CC[C@@H](CO)O3)cc2OCCCCO)c1)N1CCCC1. The summed E-state index contributed by atoms with van der Waals surface area (Å²) in [5.41, 5.74) is 5.43. The van der Waals surface area contributed by atoms with Crippen LogP contribution in [0.3, 0.4) is 0 Å². The Bertz CT molecular complexity index is 1550. The van der Waals surface area contributed by atoms with E-state index in [0.29, 0.717) is 31.1 Å². The van der Waals surface area contributed by atoms with Crippen molar-refractivity contribution in [2.45, 2.75) is 57.4 Å². The molecular formula is C34H40N4O5. The minimum atomic E-state index is -0.199. The number of aromatic nitrogens is 2. The van der Waals surface area contributed by atoms with Crippen LogP contribution in [0.2, 0.25) is 0 Å². The van der Waals surface area contributed by atoms with Gasteiger partial charge in [-0.2, -0.15) is 0 Å². The number of fused-ring (bicyclic) bond motifs is 1. The van der Waals surface area contributed by atoms with Gasteiger partial charge in [-0.05, 0) is 80.0 Å². The van der Waals surface area contributed by atoms with Crippen LogP contribution >= 0.6 is 0 Å². The third-order valence-electron chi connectivity index (χ3n) is 8.29. The Labute approximate surface area is 252 Å². The summed E-state index contributed by atoms with van der Waals surface area (Å²) in [4.78, 5) is 19.9. The molecule has 2 saturated heterocycles. The fourth-order valence-electron chi connectivity index (χ4n) is 6.01. The van der Waals surface area contributed by atoms with E-state index < -0.39 is 0 Å². The van der Waals surface area contributed by atoms with Crippen molar-refractivity contribution in [3.8, 4) is 16.9 Å². The van der Waals surface area contributed by atoms with Crippen LogP contribution in [0.15, 0.2) is 66.7 Å². The Morgan fingerprint density at radius 3 is 2.67 bits per heavy atom. The highest BCUT2D eigenvalue weighted by Gasteiger charge is 2.29. The van der Waals surface area contributed by atoms with Gasteiger partial charge >= 0.3 is 0 Å². The number of para-hydroxylation sites is 2. The van der Waals surface area contributed by atoms with Gasteiger partial charge in [-0.15, -0.1) is 0 Å². The molecule has 3 heterocycles. The first-order valence-electron chi connectivity index (χ1n) is 15.4. The molecule has 3 aromatic carbocycles. The summed E-state index contributed by atoms with van der Waals surface area (Å²) < 4.78 is 14.5. The summed E-state index contributed by atoms with van der Waals surface area (Å²) >= 11 is 0. The number of nitrogens with zero attached hydrogens (tertiary/aromatic N) is 3. The molecule has 226 valence electrons. The molecule has 0 bridgehead atoms.